The molecule has 44 heavy (non-hydrogen) atoms. The van der Waals surface area contributed by atoms with Crippen molar-refractivity contribution in [3.63, 3.8) is 0 Å². The average molecular weight is 602 g/mol. The number of carbonyl (C=O) groups is 1. The fourth-order valence-corrected chi connectivity index (χ4v) is 5.75. The Hall–Kier alpha value is -4.56. The fraction of sp³-hybridized carbons (Fsp3) is 0.394. The normalized spacial score (nSPS) is 16.9. The summed E-state index contributed by atoms with van der Waals surface area (Å²) < 4.78 is 48.3. The first-order valence-corrected chi connectivity index (χ1v) is 14.9. The van der Waals surface area contributed by atoms with Crippen LogP contribution >= 0.6 is 0 Å². The molecule has 0 radical (unpaired) electrons. The molecule has 0 N–H and O–H groups in total. The summed E-state index contributed by atoms with van der Waals surface area (Å²) in [6.07, 6.45) is 3.35. The van der Waals surface area contributed by atoms with E-state index in [2.05, 4.69) is 9.88 Å². The molecule has 2 aromatic carbocycles. The quantitative estimate of drug-likeness (QED) is 0.217. The van der Waals surface area contributed by atoms with Gasteiger partial charge in [-0.2, -0.15) is 10.2 Å². The maximum absolute atomic E-state index is 15.7. The molecular formula is C33H33F2N5O4. The number of pyridine rings is 1. The van der Waals surface area contributed by atoms with Crippen molar-refractivity contribution < 1.29 is 27.8 Å². The highest BCUT2D eigenvalue weighted by Gasteiger charge is 2.28. The lowest BCUT2D eigenvalue weighted by Crippen LogP contribution is -2.35. The first-order chi connectivity index (χ1) is 21.4. The maximum Gasteiger partial charge on any atom is 0.341 e. The summed E-state index contributed by atoms with van der Waals surface area (Å²) in [6.45, 7) is 4.59. The number of fused-ring (bicyclic) bond motifs is 1. The van der Waals surface area contributed by atoms with Crippen LogP contribution in [0.4, 0.5) is 14.6 Å². The Morgan fingerprint density at radius 1 is 1.11 bits per heavy atom. The second-order valence-electron chi connectivity index (χ2n) is 11.1. The Labute approximate surface area is 254 Å². The first kappa shape index (κ1) is 29.5. The highest BCUT2D eigenvalue weighted by Crippen LogP contribution is 2.30. The zero-order chi connectivity index (χ0) is 30.6. The number of nitrogens with zero attached hydrogens (tertiary/aromatic N) is 5. The van der Waals surface area contributed by atoms with E-state index in [1.165, 1.54) is 12.1 Å². The minimum atomic E-state index is -0.682. The summed E-state index contributed by atoms with van der Waals surface area (Å²) in [4.78, 5) is 24.0. The van der Waals surface area contributed by atoms with E-state index < -0.39 is 17.6 Å². The summed E-state index contributed by atoms with van der Waals surface area (Å²) in [6, 6.07) is 14.9. The van der Waals surface area contributed by atoms with Crippen LogP contribution in [0.3, 0.4) is 0 Å². The molecule has 2 fully saturated rings. The van der Waals surface area contributed by atoms with Gasteiger partial charge in [-0.15, -0.1) is 0 Å². The van der Waals surface area contributed by atoms with Crippen molar-refractivity contribution in [2.24, 2.45) is 5.92 Å². The number of anilines is 1. The number of carbonyl (C=O) groups excluding carboxylic acids is 1. The third-order valence-corrected chi connectivity index (χ3v) is 8.28. The van der Waals surface area contributed by atoms with Crippen LogP contribution in [-0.2, 0) is 29.0 Å². The molecule has 0 aliphatic carbocycles. The summed E-state index contributed by atoms with van der Waals surface area (Å²) in [7, 11) is 0. The number of nitriles is 1. The monoisotopic (exact) mass is 601 g/mol. The van der Waals surface area contributed by atoms with E-state index in [1.807, 2.05) is 22.8 Å². The van der Waals surface area contributed by atoms with E-state index in [4.69, 9.17) is 24.5 Å². The Morgan fingerprint density at radius 2 is 1.93 bits per heavy atom. The lowest BCUT2D eigenvalue weighted by molar-refractivity contribution is -0.0591. The maximum atomic E-state index is 15.7. The molecule has 4 aromatic rings. The van der Waals surface area contributed by atoms with Gasteiger partial charge in [0.2, 0.25) is 5.88 Å². The second kappa shape index (κ2) is 13.0. The van der Waals surface area contributed by atoms with Crippen LogP contribution in [0.5, 0.6) is 5.88 Å². The molecule has 0 amide bonds. The van der Waals surface area contributed by atoms with Gasteiger partial charge in [0, 0.05) is 37.7 Å². The molecule has 4 heterocycles. The molecule has 2 aromatic heterocycles. The number of esters is 1. The molecule has 0 unspecified atom stereocenters. The Balaban J connectivity index is 1.13. The van der Waals surface area contributed by atoms with Crippen molar-refractivity contribution in [3.8, 4) is 11.9 Å². The van der Waals surface area contributed by atoms with Gasteiger partial charge in [-0.3, -0.25) is 0 Å². The SMILES string of the molecule is CCOC(=O)c1ccc2nc(CC3CCN(c4cccc(OCc5ccc(C#N)cc5F)n4)CC3)n(C[C@@H]3CCO3)c2c1F. The van der Waals surface area contributed by atoms with E-state index in [-0.39, 0.29) is 30.4 Å². The number of halogens is 2. The van der Waals surface area contributed by atoms with Crippen LogP contribution in [0.25, 0.3) is 11.0 Å². The Morgan fingerprint density at radius 3 is 2.64 bits per heavy atom. The molecule has 9 nitrogen and oxygen atoms in total. The van der Waals surface area contributed by atoms with Crippen molar-refractivity contribution in [1.82, 2.24) is 14.5 Å². The molecule has 0 saturated carbocycles. The molecular weight excluding hydrogens is 568 g/mol. The van der Waals surface area contributed by atoms with Gasteiger partial charge < -0.3 is 23.7 Å². The number of benzene rings is 2. The molecule has 0 spiro atoms. The minimum absolute atomic E-state index is 0.00480. The number of imidazole rings is 1. The highest BCUT2D eigenvalue weighted by atomic mass is 19.1. The van der Waals surface area contributed by atoms with Gasteiger partial charge in [-0.25, -0.2) is 18.6 Å². The van der Waals surface area contributed by atoms with Crippen molar-refractivity contribution in [2.75, 3.05) is 31.2 Å². The van der Waals surface area contributed by atoms with Gasteiger partial charge in [0.1, 0.15) is 29.6 Å². The topological polar surface area (TPSA) is 102 Å². The largest absolute Gasteiger partial charge is 0.473 e. The molecule has 11 heteroatoms. The average Bonchev–Trinajstić information content (AvgIpc) is 3.36. The number of rotatable bonds is 10. The molecule has 2 aliphatic heterocycles. The molecule has 228 valence electrons. The zero-order valence-electron chi connectivity index (χ0n) is 24.5. The van der Waals surface area contributed by atoms with Crippen molar-refractivity contribution >= 4 is 22.8 Å². The van der Waals surface area contributed by atoms with E-state index in [0.29, 0.717) is 48.0 Å². The summed E-state index contributed by atoms with van der Waals surface area (Å²) >= 11 is 0. The van der Waals surface area contributed by atoms with Crippen LogP contribution < -0.4 is 9.64 Å². The van der Waals surface area contributed by atoms with Gasteiger partial charge in [0.25, 0.3) is 0 Å². The van der Waals surface area contributed by atoms with Gasteiger partial charge in [0.15, 0.2) is 5.82 Å². The highest BCUT2D eigenvalue weighted by molar-refractivity contribution is 5.94. The molecule has 0 bridgehead atoms. The van der Waals surface area contributed by atoms with Gasteiger partial charge in [-0.1, -0.05) is 12.1 Å². The van der Waals surface area contributed by atoms with E-state index in [9.17, 15) is 9.18 Å². The van der Waals surface area contributed by atoms with Crippen LogP contribution in [0.15, 0.2) is 48.5 Å². The smallest absolute Gasteiger partial charge is 0.341 e. The molecule has 1 atom stereocenters. The summed E-state index contributed by atoms with van der Waals surface area (Å²) in [5.74, 6) is 0.515. The van der Waals surface area contributed by atoms with Gasteiger partial charge in [-0.05, 0) is 62.4 Å². The molecule has 2 aliphatic rings. The molecule has 6 rings (SSSR count). The number of hydrogen-bond acceptors (Lipinski definition) is 8. The van der Waals surface area contributed by atoms with Crippen LogP contribution in [0, 0.1) is 28.9 Å². The number of ether oxygens (including phenoxy) is 3. The first-order valence-electron chi connectivity index (χ1n) is 14.9. The number of hydrogen-bond donors (Lipinski definition) is 0. The van der Waals surface area contributed by atoms with Crippen LogP contribution in [0.1, 0.15) is 53.5 Å². The zero-order valence-corrected chi connectivity index (χ0v) is 24.5. The lowest BCUT2D eigenvalue weighted by atomic mass is 9.93. The lowest BCUT2D eigenvalue weighted by Gasteiger charge is -2.33. The third-order valence-electron chi connectivity index (χ3n) is 8.28. The van der Waals surface area contributed by atoms with Crippen LogP contribution in [0.2, 0.25) is 0 Å². The van der Waals surface area contributed by atoms with Gasteiger partial charge >= 0.3 is 5.97 Å². The summed E-state index contributed by atoms with van der Waals surface area (Å²) in [5, 5.41) is 8.94. The van der Waals surface area contributed by atoms with E-state index in [1.54, 1.807) is 31.2 Å². The van der Waals surface area contributed by atoms with Crippen molar-refractivity contribution in [2.45, 2.75) is 51.9 Å². The predicted octanol–water partition coefficient (Wildman–Crippen LogP) is 5.58. The Bertz CT molecular complexity index is 1710. The summed E-state index contributed by atoms with van der Waals surface area (Å²) in [5.41, 5.74) is 1.36. The predicted molar refractivity (Wildman–Crippen MR) is 158 cm³/mol. The van der Waals surface area contributed by atoms with Gasteiger partial charge in [0.05, 0.1) is 42.0 Å². The Kier molecular flexibility index (Phi) is 8.70. The molecule has 2 saturated heterocycles. The number of piperidine rings is 1. The minimum Gasteiger partial charge on any atom is -0.473 e. The third kappa shape index (κ3) is 6.21. The van der Waals surface area contributed by atoms with Crippen LogP contribution in [-0.4, -0.2) is 52.9 Å². The second-order valence-corrected chi connectivity index (χ2v) is 11.1. The van der Waals surface area contributed by atoms with E-state index >= 15 is 4.39 Å². The van der Waals surface area contributed by atoms with Crippen molar-refractivity contribution in [3.05, 3.63) is 82.7 Å². The fourth-order valence-electron chi connectivity index (χ4n) is 5.75. The van der Waals surface area contributed by atoms with E-state index in [0.717, 1.165) is 44.0 Å². The van der Waals surface area contributed by atoms with Crippen molar-refractivity contribution in [1.29, 1.82) is 5.26 Å². The standard InChI is InChI=1S/C33H33F2N5O4/c1-2-42-33(41)25-8-9-27-32(31(25)35)40(19-24-12-15-43-24)29(37-27)17-21-10-13-39(14-11-21)28-4-3-5-30(38-28)44-20-23-7-6-22(18-36)16-26(23)34/h3-9,16,21,24H,2,10-15,17,19-20H2,1H3/t24-/m0/s1. The number of aromatic nitrogens is 3.